The Morgan fingerprint density at radius 2 is 2.03 bits per heavy atom. The SMILES string of the molecule is COCCNc1ccc(C(=O)Nc2ccccc2-c2noc(C)n2)cc1[N+](=O)[O-]. The van der Waals surface area contributed by atoms with E-state index in [4.69, 9.17) is 9.26 Å². The lowest BCUT2D eigenvalue weighted by molar-refractivity contribution is -0.384. The molecule has 0 atom stereocenters. The average Bonchev–Trinajstić information content (AvgIpc) is 3.14. The van der Waals surface area contributed by atoms with Crippen molar-refractivity contribution in [2.75, 3.05) is 30.9 Å². The van der Waals surface area contributed by atoms with Crippen molar-refractivity contribution in [2.45, 2.75) is 6.92 Å². The van der Waals surface area contributed by atoms with Crippen LogP contribution in [0.15, 0.2) is 47.0 Å². The number of anilines is 2. The molecule has 0 saturated carbocycles. The maximum Gasteiger partial charge on any atom is 0.293 e. The molecule has 1 amide bonds. The number of amides is 1. The average molecular weight is 397 g/mol. The minimum absolute atomic E-state index is 0.146. The van der Waals surface area contributed by atoms with Crippen molar-refractivity contribution in [3.63, 3.8) is 0 Å². The first-order valence-electron chi connectivity index (χ1n) is 8.72. The molecule has 0 radical (unpaired) electrons. The number of rotatable bonds is 8. The minimum atomic E-state index is -0.540. The molecule has 29 heavy (non-hydrogen) atoms. The van der Waals surface area contributed by atoms with Crippen LogP contribution in [-0.4, -0.2) is 41.2 Å². The van der Waals surface area contributed by atoms with Crippen molar-refractivity contribution in [1.29, 1.82) is 0 Å². The van der Waals surface area contributed by atoms with Gasteiger partial charge >= 0.3 is 0 Å². The zero-order valence-electron chi connectivity index (χ0n) is 15.8. The Kier molecular flexibility index (Phi) is 6.15. The number of para-hydroxylation sites is 1. The molecule has 10 nitrogen and oxygen atoms in total. The van der Waals surface area contributed by atoms with Gasteiger partial charge in [-0.1, -0.05) is 17.3 Å². The molecular weight excluding hydrogens is 378 g/mol. The Morgan fingerprint density at radius 1 is 1.24 bits per heavy atom. The number of nitro groups is 1. The van der Waals surface area contributed by atoms with Crippen molar-refractivity contribution in [3.05, 3.63) is 64.0 Å². The van der Waals surface area contributed by atoms with E-state index in [2.05, 4.69) is 20.8 Å². The van der Waals surface area contributed by atoms with Crippen molar-refractivity contribution < 1.29 is 19.0 Å². The van der Waals surface area contributed by atoms with E-state index >= 15 is 0 Å². The van der Waals surface area contributed by atoms with Crippen LogP contribution in [0.2, 0.25) is 0 Å². The summed E-state index contributed by atoms with van der Waals surface area (Å²) in [7, 11) is 1.54. The van der Waals surface area contributed by atoms with Gasteiger partial charge in [0.25, 0.3) is 11.6 Å². The van der Waals surface area contributed by atoms with E-state index in [0.29, 0.717) is 41.8 Å². The molecule has 10 heteroatoms. The highest BCUT2D eigenvalue weighted by Gasteiger charge is 2.19. The number of methoxy groups -OCH3 is 1. The maximum absolute atomic E-state index is 12.7. The summed E-state index contributed by atoms with van der Waals surface area (Å²) in [6.07, 6.45) is 0. The summed E-state index contributed by atoms with van der Waals surface area (Å²) in [6, 6.07) is 11.2. The summed E-state index contributed by atoms with van der Waals surface area (Å²) < 4.78 is 9.92. The second kappa shape index (κ2) is 8.93. The molecule has 0 aliphatic heterocycles. The summed E-state index contributed by atoms with van der Waals surface area (Å²) in [6.45, 7) is 2.46. The smallest absolute Gasteiger partial charge is 0.293 e. The van der Waals surface area contributed by atoms with Crippen LogP contribution in [0, 0.1) is 17.0 Å². The predicted molar refractivity (Wildman–Crippen MR) is 106 cm³/mol. The highest BCUT2D eigenvalue weighted by Crippen LogP contribution is 2.28. The monoisotopic (exact) mass is 397 g/mol. The predicted octanol–water partition coefficient (Wildman–Crippen LogP) is 3.26. The number of nitrogens with one attached hydrogen (secondary N) is 2. The van der Waals surface area contributed by atoms with Crippen LogP contribution in [0.5, 0.6) is 0 Å². The second-order valence-electron chi connectivity index (χ2n) is 6.05. The number of hydrogen-bond donors (Lipinski definition) is 2. The molecule has 0 bridgehead atoms. The summed E-state index contributed by atoms with van der Waals surface area (Å²) in [5, 5.41) is 20.9. The molecule has 1 aromatic heterocycles. The Balaban J connectivity index is 1.85. The number of ether oxygens (including phenoxy) is 1. The highest BCUT2D eigenvalue weighted by molar-refractivity contribution is 6.06. The highest BCUT2D eigenvalue weighted by atomic mass is 16.6. The number of carbonyl (C=O) groups is 1. The van der Waals surface area contributed by atoms with Gasteiger partial charge in [-0.3, -0.25) is 14.9 Å². The molecule has 0 aliphatic rings. The molecule has 0 unspecified atom stereocenters. The lowest BCUT2D eigenvalue weighted by atomic mass is 10.1. The summed E-state index contributed by atoms with van der Waals surface area (Å²) >= 11 is 0. The van der Waals surface area contributed by atoms with Crippen molar-refractivity contribution >= 4 is 23.0 Å². The largest absolute Gasteiger partial charge is 0.383 e. The van der Waals surface area contributed by atoms with Gasteiger partial charge in [-0.05, 0) is 24.3 Å². The van der Waals surface area contributed by atoms with Crippen LogP contribution < -0.4 is 10.6 Å². The van der Waals surface area contributed by atoms with E-state index in [1.807, 2.05) is 0 Å². The standard InChI is InChI=1S/C19H19N5O5/c1-12-21-18(23-29-12)14-5-3-4-6-15(14)22-19(25)13-7-8-16(20-9-10-28-2)17(11-13)24(26)27/h3-8,11,20H,9-10H2,1-2H3,(H,22,25). The summed E-state index contributed by atoms with van der Waals surface area (Å²) in [5.41, 5.74) is 1.29. The number of carbonyl (C=O) groups excluding carboxylic acids is 1. The molecule has 0 aliphatic carbocycles. The van der Waals surface area contributed by atoms with Crippen LogP contribution in [0.1, 0.15) is 16.2 Å². The van der Waals surface area contributed by atoms with E-state index in [0.717, 1.165) is 0 Å². The summed E-state index contributed by atoms with van der Waals surface area (Å²) in [4.78, 5) is 27.7. The Hall–Kier alpha value is -3.79. The number of nitrogens with zero attached hydrogens (tertiary/aromatic N) is 3. The van der Waals surface area contributed by atoms with Gasteiger partial charge in [-0.25, -0.2) is 0 Å². The first-order chi connectivity index (χ1) is 14.0. The molecule has 3 aromatic rings. The van der Waals surface area contributed by atoms with Crippen LogP contribution in [0.3, 0.4) is 0 Å². The van der Waals surface area contributed by atoms with Gasteiger partial charge in [0, 0.05) is 37.8 Å². The van der Waals surface area contributed by atoms with Crippen molar-refractivity contribution in [1.82, 2.24) is 10.1 Å². The zero-order chi connectivity index (χ0) is 20.8. The molecule has 0 saturated heterocycles. The molecule has 0 fully saturated rings. The molecular formula is C19H19N5O5. The number of aryl methyl sites for hydroxylation is 1. The third-order valence-corrected chi connectivity index (χ3v) is 4.02. The molecule has 2 N–H and O–H groups in total. The lowest BCUT2D eigenvalue weighted by Crippen LogP contribution is -2.14. The molecule has 3 rings (SSSR count). The number of hydrogen-bond acceptors (Lipinski definition) is 8. The normalized spacial score (nSPS) is 10.6. The number of benzene rings is 2. The number of aromatic nitrogens is 2. The lowest BCUT2D eigenvalue weighted by Gasteiger charge is -2.10. The van der Waals surface area contributed by atoms with Crippen LogP contribution in [-0.2, 0) is 4.74 Å². The molecule has 0 spiro atoms. The van der Waals surface area contributed by atoms with E-state index in [-0.39, 0.29) is 11.3 Å². The third kappa shape index (κ3) is 4.74. The van der Waals surface area contributed by atoms with Crippen LogP contribution in [0.4, 0.5) is 17.1 Å². The van der Waals surface area contributed by atoms with Gasteiger partial charge in [0.2, 0.25) is 11.7 Å². The maximum atomic E-state index is 12.7. The zero-order valence-corrected chi connectivity index (χ0v) is 15.8. The van der Waals surface area contributed by atoms with Gasteiger partial charge in [-0.15, -0.1) is 0 Å². The van der Waals surface area contributed by atoms with E-state index < -0.39 is 10.8 Å². The van der Waals surface area contributed by atoms with Gasteiger partial charge in [0.1, 0.15) is 5.69 Å². The third-order valence-electron chi connectivity index (χ3n) is 4.02. The van der Waals surface area contributed by atoms with Crippen LogP contribution in [0.25, 0.3) is 11.4 Å². The fraction of sp³-hybridized carbons (Fsp3) is 0.211. The fourth-order valence-corrected chi connectivity index (χ4v) is 2.65. The van der Waals surface area contributed by atoms with Crippen LogP contribution >= 0.6 is 0 Å². The van der Waals surface area contributed by atoms with Gasteiger partial charge < -0.3 is 19.9 Å². The molecule has 1 heterocycles. The quantitative estimate of drug-likeness (QED) is 0.336. The summed E-state index contributed by atoms with van der Waals surface area (Å²) in [5.74, 6) is 0.236. The van der Waals surface area contributed by atoms with Gasteiger partial charge in [0.05, 0.1) is 17.2 Å². The number of nitro benzene ring substituents is 1. The Bertz CT molecular complexity index is 1030. The Morgan fingerprint density at radius 3 is 2.72 bits per heavy atom. The van der Waals surface area contributed by atoms with Gasteiger partial charge in [0.15, 0.2) is 0 Å². The topological polar surface area (TPSA) is 132 Å². The van der Waals surface area contributed by atoms with E-state index in [1.54, 1.807) is 31.2 Å². The second-order valence-corrected chi connectivity index (χ2v) is 6.05. The minimum Gasteiger partial charge on any atom is -0.383 e. The molecule has 2 aromatic carbocycles. The first-order valence-corrected chi connectivity index (χ1v) is 8.72. The van der Waals surface area contributed by atoms with Crippen molar-refractivity contribution in [2.24, 2.45) is 0 Å². The van der Waals surface area contributed by atoms with E-state index in [1.165, 1.54) is 25.3 Å². The van der Waals surface area contributed by atoms with Gasteiger partial charge in [-0.2, -0.15) is 4.98 Å². The first kappa shape index (κ1) is 20.0. The fourth-order valence-electron chi connectivity index (χ4n) is 2.65. The van der Waals surface area contributed by atoms with E-state index in [9.17, 15) is 14.9 Å². The van der Waals surface area contributed by atoms with Crippen molar-refractivity contribution in [3.8, 4) is 11.4 Å². The molecule has 150 valence electrons. The Labute approximate surface area is 166 Å².